The van der Waals surface area contributed by atoms with Gasteiger partial charge in [0.2, 0.25) is 5.89 Å². The van der Waals surface area contributed by atoms with E-state index in [0.29, 0.717) is 22.3 Å². The molecule has 1 heterocycles. The molecule has 0 bridgehead atoms. The van der Waals surface area contributed by atoms with Crippen LogP contribution in [-0.4, -0.2) is 21.3 Å². The van der Waals surface area contributed by atoms with E-state index < -0.39 is 17.7 Å². The first-order chi connectivity index (χ1) is 13.2. The Morgan fingerprint density at radius 2 is 1.79 bits per heavy atom. The number of rotatable bonds is 5. The second-order valence-electron chi connectivity index (χ2n) is 5.39. The van der Waals surface area contributed by atoms with Gasteiger partial charge in [-0.05, 0) is 47.7 Å². The highest BCUT2D eigenvalue weighted by Crippen LogP contribution is 2.33. The van der Waals surface area contributed by atoms with Crippen molar-refractivity contribution in [1.29, 1.82) is 0 Å². The molecule has 5 nitrogen and oxygen atoms in total. The summed E-state index contributed by atoms with van der Waals surface area (Å²) in [5.74, 6) is -1.17. The highest BCUT2D eigenvalue weighted by atomic mass is 35.5. The van der Waals surface area contributed by atoms with E-state index in [0.717, 1.165) is 12.1 Å². The molecule has 0 aliphatic rings. The van der Waals surface area contributed by atoms with Gasteiger partial charge >= 0.3 is 12.1 Å². The molecule has 3 rings (SSSR count). The molecule has 10 heteroatoms. The second kappa shape index (κ2) is 8.07. The van der Waals surface area contributed by atoms with Gasteiger partial charge < -0.3 is 9.52 Å². The summed E-state index contributed by atoms with van der Waals surface area (Å²) in [6.07, 6.45) is -3.25. The van der Waals surface area contributed by atoms with Gasteiger partial charge in [-0.1, -0.05) is 35.9 Å². The highest BCUT2D eigenvalue weighted by Gasteiger charge is 2.29. The van der Waals surface area contributed by atoms with E-state index in [2.05, 4.69) is 10.2 Å². The molecule has 0 spiro atoms. The van der Waals surface area contributed by atoms with Crippen LogP contribution in [0.25, 0.3) is 17.5 Å². The van der Waals surface area contributed by atoms with Crippen molar-refractivity contribution in [3.05, 3.63) is 69.6 Å². The normalized spacial score (nSPS) is 12.2. The Morgan fingerprint density at radius 1 is 1.11 bits per heavy atom. The summed E-state index contributed by atoms with van der Waals surface area (Å²) in [5.41, 5.74) is -0.0497. The van der Waals surface area contributed by atoms with Crippen LogP contribution in [0.15, 0.2) is 63.1 Å². The average molecular weight is 427 g/mol. The molecule has 0 saturated heterocycles. The predicted molar refractivity (Wildman–Crippen MR) is 97.7 cm³/mol. The average Bonchev–Trinajstić information content (AvgIpc) is 3.09. The van der Waals surface area contributed by atoms with E-state index in [9.17, 15) is 23.1 Å². The van der Waals surface area contributed by atoms with Crippen LogP contribution < -0.4 is 0 Å². The maximum absolute atomic E-state index is 12.6. The zero-order valence-corrected chi connectivity index (χ0v) is 15.3. The lowest BCUT2D eigenvalue weighted by Gasteiger charge is -2.06. The summed E-state index contributed by atoms with van der Waals surface area (Å²) >= 11 is 6.73. The summed E-state index contributed by atoms with van der Waals surface area (Å²) in [6, 6.07) is 10.9. The van der Waals surface area contributed by atoms with Crippen molar-refractivity contribution in [3.63, 3.8) is 0 Å². The van der Waals surface area contributed by atoms with Gasteiger partial charge in [0.25, 0.3) is 5.22 Å². The summed E-state index contributed by atoms with van der Waals surface area (Å²) in [4.78, 5) is 11.3. The minimum Gasteiger partial charge on any atom is -0.477 e. The summed E-state index contributed by atoms with van der Waals surface area (Å²) in [6.45, 7) is 0. The SMILES string of the molecule is O=C(O)C(=Cc1ccc(C(F)(F)F)cc1)Sc1nnc(-c2ccccc2Cl)o1. The Balaban J connectivity index is 1.83. The number of carboxylic acids is 1. The van der Waals surface area contributed by atoms with Crippen LogP contribution in [0.3, 0.4) is 0 Å². The van der Waals surface area contributed by atoms with Crippen LogP contribution >= 0.6 is 23.4 Å². The molecule has 0 amide bonds. The van der Waals surface area contributed by atoms with E-state index in [1.54, 1.807) is 24.3 Å². The van der Waals surface area contributed by atoms with Crippen molar-refractivity contribution >= 4 is 35.4 Å². The largest absolute Gasteiger partial charge is 0.477 e. The van der Waals surface area contributed by atoms with Gasteiger partial charge in [0.05, 0.1) is 16.1 Å². The predicted octanol–water partition coefficient (Wildman–Crippen LogP) is 5.63. The minimum absolute atomic E-state index is 0.0459. The smallest absolute Gasteiger partial charge is 0.416 e. The van der Waals surface area contributed by atoms with Crippen molar-refractivity contribution in [3.8, 4) is 11.5 Å². The van der Waals surface area contributed by atoms with Gasteiger partial charge in [-0.2, -0.15) is 13.2 Å². The fourth-order valence-electron chi connectivity index (χ4n) is 2.14. The molecule has 0 radical (unpaired) electrons. The third kappa shape index (κ3) is 4.73. The molecule has 2 aromatic carbocycles. The number of hydrogen-bond donors (Lipinski definition) is 1. The molecular weight excluding hydrogens is 417 g/mol. The standard InChI is InChI=1S/C18H10ClF3N2O3S/c19-13-4-2-1-3-12(13)15-23-24-17(27-15)28-14(16(25)26)9-10-5-7-11(8-6-10)18(20,21)22/h1-9H,(H,25,26). The van der Waals surface area contributed by atoms with E-state index in [1.165, 1.54) is 18.2 Å². The molecule has 1 aromatic heterocycles. The maximum atomic E-state index is 12.6. The van der Waals surface area contributed by atoms with Crippen LogP contribution in [0.4, 0.5) is 13.2 Å². The third-order valence-corrected chi connectivity index (χ3v) is 4.64. The zero-order chi connectivity index (χ0) is 20.3. The van der Waals surface area contributed by atoms with Gasteiger partial charge in [-0.15, -0.1) is 10.2 Å². The fraction of sp³-hybridized carbons (Fsp3) is 0.0556. The van der Waals surface area contributed by atoms with Crippen molar-refractivity contribution in [2.75, 3.05) is 0 Å². The second-order valence-corrected chi connectivity index (χ2v) is 6.79. The number of aromatic nitrogens is 2. The number of halogens is 4. The molecule has 1 N–H and O–H groups in total. The summed E-state index contributed by atoms with van der Waals surface area (Å²) in [5, 5.41) is 17.3. The molecule has 0 aliphatic heterocycles. The maximum Gasteiger partial charge on any atom is 0.416 e. The molecule has 3 aromatic rings. The van der Waals surface area contributed by atoms with Crippen LogP contribution in [0, 0.1) is 0 Å². The lowest BCUT2D eigenvalue weighted by atomic mass is 10.1. The Morgan fingerprint density at radius 3 is 2.39 bits per heavy atom. The van der Waals surface area contributed by atoms with Crippen LogP contribution in [-0.2, 0) is 11.0 Å². The van der Waals surface area contributed by atoms with Gasteiger partial charge in [0.1, 0.15) is 4.91 Å². The summed E-state index contributed by atoms with van der Waals surface area (Å²) in [7, 11) is 0. The number of alkyl halides is 3. The van der Waals surface area contributed by atoms with Crippen LogP contribution in [0.5, 0.6) is 0 Å². The monoisotopic (exact) mass is 426 g/mol. The number of nitrogens with zero attached hydrogens (tertiary/aromatic N) is 2. The number of thioether (sulfide) groups is 1. The van der Waals surface area contributed by atoms with E-state index in [-0.39, 0.29) is 21.6 Å². The quantitative estimate of drug-likeness (QED) is 0.421. The number of benzene rings is 2. The third-order valence-electron chi connectivity index (χ3n) is 3.45. The molecule has 0 saturated carbocycles. The first-order valence-electron chi connectivity index (χ1n) is 7.62. The van der Waals surface area contributed by atoms with Gasteiger partial charge in [0.15, 0.2) is 0 Å². The first kappa shape index (κ1) is 20.0. The van der Waals surface area contributed by atoms with Crippen molar-refractivity contribution in [1.82, 2.24) is 10.2 Å². The number of carbonyl (C=O) groups is 1. The molecular formula is C18H10ClF3N2O3S. The molecule has 28 heavy (non-hydrogen) atoms. The van der Waals surface area contributed by atoms with Gasteiger partial charge in [-0.3, -0.25) is 0 Å². The Bertz CT molecular complexity index is 1030. The minimum atomic E-state index is -4.47. The Hall–Kier alpha value is -2.78. The van der Waals surface area contributed by atoms with E-state index in [4.69, 9.17) is 16.0 Å². The van der Waals surface area contributed by atoms with E-state index in [1.807, 2.05) is 0 Å². The number of carboxylic acid groups (broad SMARTS) is 1. The van der Waals surface area contributed by atoms with Crippen LogP contribution in [0.1, 0.15) is 11.1 Å². The Kier molecular flexibility index (Phi) is 5.76. The fourth-order valence-corrected chi connectivity index (χ4v) is 3.03. The lowest BCUT2D eigenvalue weighted by molar-refractivity contribution is -0.137. The topological polar surface area (TPSA) is 76.2 Å². The molecule has 0 fully saturated rings. The molecule has 0 aliphatic carbocycles. The Labute approximate surface area is 165 Å². The first-order valence-corrected chi connectivity index (χ1v) is 8.82. The van der Waals surface area contributed by atoms with Crippen LogP contribution in [0.2, 0.25) is 5.02 Å². The highest BCUT2D eigenvalue weighted by molar-refractivity contribution is 8.03. The molecule has 0 unspecified atom stereocenters. The van der Waals surface area contributed by atoms with Crippen molar-refractivity contribution < 1.29 is 27.5 Å². The molecule has 0 atom stereocenters. The van der Waals surface area contributed by atoms with Gasteiger partial charge in [0, 0.05) is 0 Å². The van der Waals surface area contributed by atoms with E-state index >= 15 is 0 Å². The lowest BCUT2D eigenvalue weighted by Crippen LogP contribution is -2.04. The summed E-state index contributed by atoms with van der Waals surface area (Å²) < 4.78 is 43.3. The molecule has 144 valence electrons. The van der Waals surface area contributed by atoms with Crippen molar-refractivity contribution in [2.45, 2.75) is 11.4 Å². The number of aliphatic carboxylic acids is 1. The van der Waals surface area contributed by atoms with Crippen molar-refractivity contribution in [2.24, 2.45) is 0 Å². The zero-order valence-electron chi connectivity index (χ0n) is 13.8. The van der Waals surface area contributed by atoms with Gasteiger partial charge in [-0.25, -0.2) is 4.79 Å². The number of hydrogen-bond acceptors (Lipinski definition) is 5.